The van der Waals surface area contributed by atoms with Crippen LogP contribution in [0.15, 0.2) is 23.4 Å². The van der Waals surface area contributed by atoms with Gasteiger partial charge in [-0.15, -0.1) is 0 Å². The Morgan fingerprint density at radius 3 is 2.95 bits per heavy atom. The van der Waals surface area contributed by atoms with Crippen molar-refractivity contribution in [2.75, 3.05) is 18.0 Å². The molecule has 1 fully saturated rings. The van der Waals surface area contributed by atoms with Crippen molar-refractivity contribution in [1.29, 1.82) is 0 Å². The molecule has 0 spiro atoms. The first-order chi connectivity index (χ1) is 10.2. The molecule has 1 unspecified atom stereocenters. The number of anilines is 1. The largest absolute Gasteiger partial charge is 0.409 e. The molecule has 1 saturated heterocycles. The van der Waals surface area contributed by atoms with Gasteiger partial charge in [0.05, 0.1) is 0 Å². The third-order valence-corrected chi connectivity index (χ3v) is 4.23. The van der Waals surface area contributed by atoms with Crippen molar-refractivity contribution in [1.82, 2.24) is 0 Å². The van der Waals surface area contributed by atoms with E-state index in [1.165, 1.54) is 31.4 Å². The number of amidine groups is 1. The molecule has 5 heteroatoms. The van der Waals surface area contributed by atoms with Crippen LogP contribution in [-0.4, -0.2) is 24.1 Å². The highest BCUT2D eigenvalue weighted by atomic mass is 19.1. The first-order valence-corrected chi connectivity index (χ1v) is 7.68. The molecular formula is C16H24FN3O. The predicted molar refractivity (Wildman–Crippen MR) is 83.4 cm³/mol. The van der Waals surface area contributed by atoms with Gasteiger partial charge in [-0.1, -0.05) is 24.9 Å². The molecule has 2 rings (SSSR count). The number of benzene rings is 1. The highest BCUT2D eigenvalue weighted by Crippen LogP contribution is 2.28. The summed E-state index contributed by atoms with van der Waals surface area (Å²) in [6.07, 6.45) is 5.99. The summed E-state index contributed by atoms with van der Waals surface area (Å²) in [5.41, 5.74) is 7.01. The SMILES string of the molecule is CCCC1CCCN(c2ccc(F)cc2C(N)=NO)CC1. The van der Waals surface area contributed by atoms with Gasteiger partial charge < -0.3 is 15.8 Å². The van der Waals surface area contributed by atoms with Crippen LogP contribution in [0.3, 0.4) is 0 Å². The second kappa shape index (κ2) is 7.29. The van der Waals surface area contributed by atoms with Crippen molar-refractivity contribution in [2.24, 2.45) is 16.8 Å². The van der Waals surface area contributed by atoms with E-state index in [2.05, 4.69) is 17.0 Å². The van der Waals surface area contributed by atoms with Crippen molar-refractivity contribution in [2.45, 2.75) is 39.0 Å². The van der Waals surface area contributed by atoms with E-state index in [0.29, 0.717) is 5.56 Å². The highest BCUT2D eigenvalue weighted by Gasteiger charge is 2.20. The molecule has 1 atom stereocenters. The summed E-state index contributed by atoms with van der Waals surface area (Å²) in [7, 11) is 0. The minimum Gasteiger partial charge on any atom is -0.409 e. The fourth-order valence-electron chi connectivity index (χ4n) is 3.15. The maximum absolute atomic E-state index is 13.4. The number of rotatable bonds is 4. The van der Waals surface area contributed by atoms with E-state index in [-0.39, 0.29) is 11.7 Å². The van der Waals surface area contributed by atoms with Crippen LogP contribution in [0.1, 0.15) is 44.6 Å². The Bertz CT molecular complexity index is 504. The fraction of sp³-hybridized carbons (Fsp3) is 0.562. The average Bonchev–Trinajstić information content (AvgIpc) is 2.72. The maximum atomic E-state index is 13.4. The molecular weight excluding hydrogens is 269 g/mol. The van der Waals surface area contributed by atoms with Gasteiger partial charge in [-0.2, -0.15) is 0 Å². The average molecular weight is 293 g/mol. The molecule has 0 saturated carbocycles. The minimum absolute atomic E-state index is 0.0427. The lowest BCUT2D eigenvalue weighted by molar-refractivity contribution is 0.318. The molecule has 21 heavy (non-hydrogen) atoms. The Balaban J connectivity index is 2.21. The number of halogens is 1. The van der Waals surface area contributed by atoms with Crippen LogP contribution < -0.4 is 10.6 Å². The lowest BCUT2D eigenvalue weighted by Gasteiger charge is -2.25. The summed E-state index contributed by atoms with van der Waals surface area (Å²) in [5, 5.41) is 11.9. The topological polar surface area (TPSA) is 61.8 Å². The molecule has 1 aliphatic heterocycles. The van der Waals surface area contributed by atoms with Crippen LogP contribution in [0.4, 0.5) is 10.1 Å². The van der Waals surface area contributed by atoms with Crippen LogP contribution in [0.2, 0.25) is 0 Å². The molecule has 0 bridgehead atoms. The molecule has 0 radical (unpaired) electrons. The number of nitrogens with zero attached hydrogens (tertiary/aromatic N) is 2. The number of hydrogen-bond acceptors (Lipinski definition) is 3. The van der Waals surface area contributed by atoms with Crippen molar-refractivity contribution in [3.8, 4) is 0 Å². The van der Waals surface area contributed by atoms with E-state index in [0.717, 1.165) is 37.5 Å². The Morgan fingerprint density at radius 2 is 2.24 bits per heavy atom. The van der Waals surface area contributed by atoms with Crippen LogP contribution >= 0.6 is 0 Å². The molecule has 4 nitrogen and oxygen atoms in total. The minimum atomic E-state index is -0.376. The molecule has 0 aromatic heterocycles. The van der Waals surface area contributed by atoms with Gasteiger partial charge >= 0.3 is 0 Å². The predicted octanol–water partition coefficient (Wildman–Crippen LogP) is 3.33. The molecule has 0 amide bonds. The van der Waals surface area contributed by atoms with Gasteiger partial charge in [0.2, 0.25) is 0 Å². The smallest absolute Gasteiger partial charge is 0.172 e. The first kappa shape index (κ1) is 15.6. The van der Waals surface area contributed by atoms with Crippen molar-refractivity contribution >= 4 is 11.5 Å². The normalized spacial score (nSPS) is 20.4. The Labute approximate surface area is 125 Å². The van der Waals surface area contributed by atoms with Gasteiger partial charge in [-0.05, 0) is 43.4 Å². The monoisotopic (exact) mass is 293 g/mol. The highest BCUT2D eigenvalue weighted by molar-refractivity contribution is 6.02. The zero-order valence-corrected chi connectivity index (χ0v) is 12.6. The summed E-state index contributed by atoms with van der Waals surface area (Å²) >= 11 is 0. The number of oxime groups is 1. The number of nitrogens with two attached hydrogens (primary N) is 1. The summed E-state index contributed by atoms with van der Waals surface area (Å²) < 4.78 is 13.4. The van der Waals surface area contributed by atoms with Crippen LogP contribution in [-0.2, 0) is 0 Å². The Hall–Kier alpha value is -1.78. The van der Waals surface area contributed by atoms with Gasteiger partial charge in [-0.25, -0.2) is 4.39 Å². The molecule has 3 N–H and O–H groups in total. The van der Waals surface area contributed by atoms with Gasteiger partial charge in [0.15, 0.2) is 5.84 Å². The van der Waals surface area contributed by atoms with E-state index in [4.69, 9.17) is 10.9 Å². The Kier molecular flexibility index (Phi) is 5.42. The second-order valence-corrected chi connectivity index (χ2v) is 5.72. The van der Waals surface area contributed by atoms with Crippen molar-refractivity contribution in [3.05, 3.63) is 29.6 Å². The Morgan fingerprint density at radius 1 is 1.43 bits per heavy atom. The zero-order chi connectivity index (χ0) is 15.2. The van der Waals surface area contributed by atoms with Gasteiger partial charge in [0.1, 0.15) is 5.82 Å². The van der Waals surface area contributed by atoms with E-state index in [1.807, 2.05) is 0 Å². The molecule has 1 heterocycles. The standard InChI is InChI=1S/C16H24FN3O/c1-2-4-12-5-3-9-20(10-8-12)15-7-6-13(17)11-14(15)16(18)19-21/h6-7,11-12,21H,2-5,8-10H2,1H3,(H2,18,19). The quantitative estimate of drug-likeness (QED) is 0.387. The maximum Gasteiger partial charge on any atom is 0.172 e. The summed E-state index contributed by atoms with van der Waals surface area (Å²) in [5.74, 6) is 0.352. The third kappa shape index (κ3) is 3.86. The van der Waals surface area contributed by atoms with E-state index in [9.17, 15) is 4.39 Å². The van der Waals surface area contributed by atoms with Crippen LogP contribution in [0.25, 0.3) is 0 Å². The van der Waals surface area contributed by atoms with E-state index >= 15 is 0 Å². The van der Waals surface area contributed by atoms with E-state index < -0.39 is 0 Å². The first-order valence-electron chi connectivity index (χ1n) is 7.68. The van der Waals surface area contributed by atoms with Crippen LogP contribution in [0, 0.1) is 11.7 Å². The lowest BCUT2D eigenvalue weighted by Crippen LogP contribution is -2.28. The lowest BCUT2D eigenvalue weighted by atomic mass is 9.96. The third-order valence-electron chi connectivity index (χ3n) is 4.23. The zero-order valence-electron chi connectivity index (χ0n) is 12.6. The molecule has 1 aliphatic rings. The van der Waals surface area contributed by atoms with Crippen molar-refractivity contribution in [3.63, 3.8) is 0 Å². The van der Waals surface area contributed by atoms with E-state index in [1.54, 1.807) is 6.07 Å². The molecule has 1 aromatic rings. The summed E-state index contributed by atoms with van der Waals surface area (Å²) in [4.78, 5) is 2.22. The van der Waals surface area contributed by atoms with Gasteiger partial charge in [0.25, 0.3) is 0 Å². The summed E-state index contributed by atoms with van der Waals surface area (Å²) in [6.45, 7) is 4.08. The van der Waals surface area contributed by atoms with Crippen LogP contribution in [0.5, 0.6) is 0 Å². The number of hydrogen-bond donors (Lipinski definition) is 2. The fourth-order valence-corrected chi connectivity index (χ4v) is 3.15. The molecule has 116 valence electrons. The molecule has 0 aliphatic carbocycles. The summed E-state index contributed by atoms with van der Waals surface area (Å²) in [6, 6.07) is 4.49. The van der Waals surface area contributed by atoms with Gasteiger partial charge in [0, 0.05) is 24.3 Å². The van der Waals surface area contributed by atoms with Crippen molar-refractivity contribution < 1.29 is 9.60 Å². The second-order valence-electron chi connectivity index (χ2n) is 5.72. The molecule has 1 aromatic carbocycles. The van der Waals surface area contributed by atoms with Gasteiger partial charge in [-0.3, -0.25) is 0 Å².